The third-order valence-electron chi connectivity index (χ3n) is 4.71. The van der Waals surface area contributed by atoms with E-state index in [0.717, 1.165) is 15.3 Å². The highest BCUT2D eigenvalue weighted by Crippen LogP contribution is 2.31. The van der Waals surface area contributed by atoms with Gasteiger partial charge in [0.15, 0.2) is 9.84 Å². The number of nitriles is 1. The molecule has 0 aliphatic carbocycles. The maximum absolute atomic E-state index is 13.3. The van der Waals surface area contributed by atoms with Gasteiger partial charge in [0.2, 0.25) is 10.0 Å². The summed E-state index contributed by atoms with van der Waals surface area (Å²) in [5.74, 6) is 0.106. The average Bonchev–Trinajstić information content (AvgIpc) is 3.21. The highest BCUT2D eigenvalue weighted by molar-refractivity contribution is 7.90. The van der Waals surface area contributed by atoms with Crippen molar-refractivity contribution in [3.63, 3.8) is 0 Å². The molecular formula is C23H24N2O4S3. The number of sulfone groups is 1. The van der Waals surface area contributed by atoms with Crippen LogP contribution in [-0.4, -0.2) is 33.9 Å². The van der Waals surface area contributed by atoms with E-state index in [1.165, 1.54) is 34.0 Å². The van der Waals surface area contributed by atoms with Gasteiger partial charge in [0.05, 0.1) is 21.4 Å². The number of benzene rings is 2. The zero-order valence-electron chi connectivity index (χ0n) is 18.0. The second-order valence-electron chi connectivity index (χ2n) is 7.90. The van der Waals surface area contributed by atoms with Crippen LogP contribution >= 0.6 is 11.3 Å². The standard InChI is InChI=1S/C23H24N2O4S3/c1-17(2)15-25(32(28,29)22-9-4-6-18(12-22)14-24)16-20-10-11-23(30-20)19-7-5-8-21(13-19)31(3,26)27/h4-13,17H,15-16H2,1-3H3. The van der Waals surface area contributed by atoms with Gasteiger partial charge in [0, 0.05) is 29.1 Å². The number of hydrogen-bond acceptors (Lipinski definition) is 6. The lowest BCUT2D eigenvalue weighted by Gasteiger charge is -2.23. The van der Waals surface area contributed by atoms with Crippen LogP contribution in [0, 0.1) is 17.2 Å². The molecule has 32 heavy (non-hydrogen) atoms. The molecule has 0 unspecified atom stereocenters. The molecule has 0 bridgehead atoms. The third kappa shape index (κ3) is 5.64. The minimum Gasteiger partial charge on any atom is -0.224 e. The minimum absolute atomic E-state index is 0.0924. The molecule has 0 saturated carbocycles. The Morgan fingerprint density at radius 2 is 1.66 bits per heavy atom. The Balaban J connectivity index is 1.93. The number of nitrogens with zero attached hydrogens (tertiary/aromatic N) is 2. The van der Waals surface area contributed by atoms with Crippen molar-refractivity contribution in [1.29, 1.82) is 5.26 Å². The number of rotatable bonds is 8. The molecule has 0 aliphatic heterocycles. The van der Waals surface area contributed by atoms with Gasteiger partial charge in [-0.15, -0.1) is 11.3 Å². The molecule has 3 aromatic rings. The van der Waals surface area contributed by atoms with E-state index in [1.54, 1.807) is 30.3 Å². The molecule has 0 amide bonds. The van der Waals surface area contributed by atoms with Crippen LogP contribution in [0.5, 0.6) is 0 Å². The molecule has 2 aromatic carbocycles. The van der Waals surface area contributed by atoms with Gasteiger partial charge in [0.1, 0.15) is 0 Å². The predicted octanol–water partition coefficient (Wildman–Crippen LogP) is 4.54. The van der Waals surface area contributed by atoms with Gasteiger partial charge in [-0.1, -0.05) is 32.0 Å². The van der Waals surface area contributed by atoms with Crippen molar-refractivity contribution in [2.75, 3.05) is 12.8 Å². The normalized spacial score (nSPS) is 12.2. The largest absolute Gasteiger partial charge is 0.243 e. The summed E-state index contributed by atoms with van der Waals surface area (Å²) in [7, 11) is -7.12. The molecule has 0 saturated heterocycles. The average molecular weight is 489 g/mol. The van der Waals surface area contributed by atoms with Crippen molar-refractivity contribution in [3.8, 4) is 16.5 Å². The van der Waals surface area contributed by atoms with E-state index < -0.39 is 19.9 Å². The SMILES string of the molecule is CC(C)CN(Cc1ccc(-c2cccc(S(C)(=O)=O)c2)s1)S(=O)(=O)c1cccc(C#N)c1. The Morgan fingerprint density at radius 1 is 0.969 bits per heavy atom. The van der Waals surface area contributed by atoms with Gasteiger partial charge in [-0.3, -0.25) is 0 Å². The lowest BCUT2D eigenvalue weighted by molar-refractivity contribution is 0.364. The maximum Gasteiger partial charge on any atom is 0.243 e. The first-order valence-corrected chi connectivity index (χ1v) is 14.0. The number of sulfonamides is 1. The Labute approximate surface area is 193 Å². The van der Waals surface area contributed by atoms with E-state index in [9.17, 15) is 16.8 Å². The van der Waals surface area contributed by atoms with Crippen molar-refractivity contribution in [2.24, 2.45) is 5.92 Å². The zero-order valence-corrected chi connectivity index (χ0v) is 20.5. The molecule has 1 aromatic heterocycles. The number of hydrogen-bond donors (Lipinski definition) is 0. The van der Waals surface area contributed by atoms with E-state index in [1.807, 2.05) is 38.1 Å². The molecule has 9 heteroatoms. The second kappa shape index (κ2) is 9.55. The monoisotopic (exact) mass is 488 g/mol. The molecule has 0 radical (unpaired) electrons. The van der Waals surface area contributed by atoms with Gasteiger partial charge in [-0.2, -0.15) is 9.57 Å². The Morgan fingerprint density at radius 3 is 2.31 bits per heavy atom. The van der Waals surface area contributed by atoms with Gasteiger partial charge in [-0.25, -0.2) is 16.8 Å². The van der Waals surface area contributed by atoms with Crippen LogP contribution in [0.15, 0.2) is 70.5 Å². The van der Waals surface area contributed by atoms with Crippen molar-refractivity contribution < 1.29 is 16.8 Å². The summed E-state index contributed by atoms with van der Waals surface area (Å²) < 4.78 is 51.8. The lowest BCUT2D eigenvalue weighted by atomic mass is 10.2. The van der Waals surface area contributed by atoms with Gasteiger partial charge in [-0.05, 0) is 53.9 Å². The van der Waals surface area contributed by atoms with Gasteiger partial charge >= 0.3 is 0 Å². The summed E-state index contributed by atoms with van der Waals surface area (Å²) in [5.41, 5.74) is 1.06. The van der Waals surface area contributed by atoms with Crippen molar-refractivity contribution in [2.45, 2.75) is 30.2 Å². The van der Waals surface area contributed by atoms with Crippen LogP contribution in [-0.2, 0) is 26.4 Å². The van der Waals surface area contributed by atoms with Crippen molar-refractivity contribution in [3.05, 3.63) is 71.1 Å². The third-order valence-corrected chi connectivity index (χ3v) is 8.75. The summed E-state index contributed by atoms with van der Waals surface area (Å²) in [4.78, 5) is 2.03. The van der Waals surface area contributed by atoms with Gasteiger partial charge in [0.25, 0.3) is 0 Å². The summed E-state index contributed by atoms with van der Waals surface area (Å²) in [6, 6.07) is 18.5. The molecule has 0 N–H and O–H groups in total. The summed E-state index contributed by atoms with van der Waals surface area (Å²) in [6.45, 7) is 4.42. The fraction of sp³-hybridized carbons (Fsp3) is 0.261. The van der Waals surface area contributed by atoms with E-state index in [4.69, 9.17) is 5.26 Å². The number of thiophene rings is 1. The van der Waals surface area contributed by atoms with Crippen molar-refractivity contribution >= 4 is 31.2 Å². The second-order valence-corrected chi connectivity index (χ2v) is 13.0. The Hall–Kier alpha value is -2.51. The van der Waals surface area contributed by atoms with Crippen LogP contribution in [0.25, 0.3) is 10.4 Å². The molecule has 0 fully saturated rings. The Kier molecular flexibility index (Phi) is 7.20. The predicted molar refractivity (Wildman–Crippen MR) is 126 cm³/mol. The van der Waals surface area contributed by atoms with E-state index in [0.29, 0.717) is 12.1 Å². The fourth-order valence-corrected chi connectivity index (χ4v) is 6.60. The minimum atomic E-state index is -3.80. The van der Waals surface area contributed by atoms with Gasteiger partial charge < -0.3 is 0 Å². The van der Waals surface area contributed by atoms with E-state index in [2.05, 4.69) is 0 Å². The zero-order chi connectivity index (χ0) is 23.5. The molecule has 3 rings (SSSR count). The molecule has 0 atom stereocenters. The molecule has 0 spiro atoms. The van der Waals surface area contributed by atoms with Crippen LogP contribution in [0.3, 0.4) is 0 Å². The van der Waals surface area contributed by atoms with Crippen LogP contribution < -0.4 is 0 Å². The maximum atomic E-state index is 13.3. The highest BCUT2D eigenvalue weighted by Gasteiger charge is 2.26. The quantitative estimate of drug-likeness (QED) is 0.464. The molecule has 1 heterocycles. The van der Waals surface area contributed by atoms with Crippen LogP contribution in [0.4, 0.5) is 0 Å². The molecular weight excluding hydrogens is 464 g/mol. The summed E-state index contributed by atoms with van der Waals surface area (Å²) in [6.07, 6.45) is 1.17. The first kappa shape index (κ1) is 24.1. The van der Waals surface area contributed by atoms with E-state index in [-0.39, 0.29) is 22.3 Å². The van der Waals surface area contributed by atoms with Crippen LogP contribution in [0.2, 0.25) is 0 Å². The van der Waals surface area contributed by atoms with Crippen molar-refractivity contribution in [1.82, 2.24) is 4.31 Å². The molecule has 0 aliphatic rings. The molecule has 168 valence electrons. The molecule has 6 nitrogen and oxygen atoms in total. The smallest absolute Gasteiger partial charge is 0.224 e. The first-order chi connectivity index (χ1) is 15.0. The van der Waals surface area contributed by atoms with Crippen LogP contribution in [0.1, 0.15) is 24.3 Å². The first-order valence-electron chi connectivity index (χ1n) is 9.90. The van der Waals surface area contributed by atoms with E-state index >= 15 is 0 Å². The lowest BCUT2D eigenvalue weighted by Crippen LogP contribution is -2.33. The highest BCUT2D eigenvalue weighted by atomic mass is 32.2. The Bertz CT molecular complexity index is 1370. The topological polar surface area (TPSA) is 95.3 Å². The summed E-state index contributed by atoms with van der Waals surface area (Å²) in [5, 5.41) is 9.13. The fourth-order valence-electron chi connectivity index (χ4n) is 3.20. The summed E-state index contributed by atoms with van der Waals surface area (Å²) >= 11 is 1.43.